The highest BCUT2D eigenvalue weighted by molar-refractivity contribution is 7.17. The van der Waals surface area contributed by atoms with E-state index in [1.807, 2.05) is 57.2 Å². The Hall–Kier alpha value is -3.52. The van der Waals surface area contributed by atoms with Crippen LogP contribution in [0.15, 0.2) is 48.8 Å². The first kappa shape index (κ1) is 19.8. The largest absolute Gasteiger partial charge is 0.494 e. The van der Waals surface area contributed by atoms with Crippen LogP contribution < -0.4 is 10.1 Å². The van der Waals surface area contributed by atoms with E-state index in [-0.39, 0.29) is 5.91 Å². The standard InChI is InChI=1S/C22H21N5O2S/c1-4-29-17-7-5-16(6-8-17)22-24-14(3)19(30-22)21(28)25-20-13(2)18(26-27-20)15-9-11-23-12-10-15/h5-12H,4H2,1-3H3,(H2,25,26,27,28). The molecule has 0 saturated heterocycles. The number of aromatic nitrogens is 4. The number of nitrogens with one attached hydrogen (secondary N) is 2. The van der Waals surface area contributed by atoms with Gasteiger partial charge in [0.25, 0.3) is 5.91 Å². The summed E-state index contributed by atoms with van der Waals surface area (Å²) < 4.78 is 5.48. The quantitative estimate of drug-likeness (QED) is 0.465. The van der Waals surface area contributed by atoms with E-state index in [0.717, 1.165) is 33.1 Å². The van der Waals surface area contributed by atoms with Gasteiger partial charge in [-0.25, -0.2) is 4.98 Å². The Morgan fingerprint density at radius 2 is 1.83 bits per heavy atom. The second kappa shape index (κ2) is 8.46. The van der Waals surface area contributed by atoms with E-state index < -0.39 is 0 Å². The van der Waals surface area contributed by atoms with E-state index in [2.05, 4.69) is 25.5 Å². The van der Waals surface area contributed by atoms with Gasteiger partial charge < -0.3 is 10.1 Å². The van der Waals surface area contributed by atoms with Crippen LogP contribution in [0.5, 0.6) is 5.75 Å². The maximum Gasteiger partial charge on any atom is 0.268 e. The number of hydrogen-bond donors (Lipinski definition) is 2. The van der Waals surface area contributed by atoms with Crippen molar-refractivity contribution >= 4 is 23.1 Å². The van der Waals surface area contributed by atoms with E-state index in [0.29, 0.717) is 23.0 Å². The van der Waals surface area contributed by atoms with Crippen LogP contribution >= 0.6 is 11.3 Å². The Morgan fingerprint density at radius 1 is 1.10 bits per heavy atom. The fourth-order valence-corrected chi connectivity index (χ4v) is 4.04. The number of pyridine rings is 1. The third-order valence-corrected chi connectivity index (χ3v) is 5.83. The highest BCUT2D eigenvalue weighted by Gasteiger charge is 2.19. The van der Waals surface area contributed by atoms with Gasteiger partial charge in [-0.1, -0.05) is 0 Å². The minimum atomic E-state index is -0.224. The Kier molecular flexibility index (Phi) is 5.58. The van der Waals surface area contributed by atoms with Crippen molar-refractivity contribution in [2.45, 2.75) is 20.8 Å². The lowest BCUT2D eigenvalue weighted by Gasteiger charge is -2.03. The van der Waals surface area contributed by atoms with Crippen LogP contribution in [0.1, 0.15) is 27.9 Å². The van der Waals surface area contributed by atoms with Gasteiger partial charge >= 0.3 is 0 Å². The molecule has 0 fully saturated rings. The van der Waals surface area contributed by atoms with Gasteiger partial charge in [0.2, 0.25) is 0 Å². The second-order valence-corrected chi connectivity index (χ2v) is 7.65. The number of H-pyrrole nitrogens is 1. The lowest BCUT2D eigenvalue weighted by Crippen LogP contribution is -2.12. The number of benzene rings is 1. The van der Waals surface area contributed by atoms with Crippen molar-refractivity contribution in [2.24, 2.45) is 0 Å². The maximum absolute atomic E-state index is 12.9. The number of nitrogens with zero attached hydrogens (tertiary/aromatic N) is 3. The average molecular weight is 420 g/mol. The molecule has 3 aromatic heterocycles. The average Bonchev–Trinajstić information content (AvgIpc) is 3.32. The van der Waals surface area contributed by atoms with Crippen molar-refractivity contribution in [3.63, 3.8) is 0 Å². The van der Waals surface area contributed by atoms with Crippen molar-refractivity contribution in [1.82, 2.24) is 20.2 Å². The number of hydrogen-bond acceptors (Lipinski definition) is 6. The fourth-order valence-electron chi connectivity index (χ4n) is 3.07. The number of ether oxygens (including phenoxy) is 1. The van der Waals surface area contributed by atoms with Gasteiger partial charge in [-0.05, 0) is 57.2 Å². The molecule has 0 radical (unpaired) electrons. The normalized spacial score (nSPS) is 10.8. The molecule has 8 heteroatoms. The molecule has 0 aliphatic carbocycles. The van der Waals surface area contributed by atoms with E-state index in [1.54, 1.807) is 12.4 Å². The number of carbonyl (C=O) groups is 1. The third-order valence-electron chi connectivity index (χ3n) is 4.63. The smallest absolute Gasteiger partial charge is 0.268 e. The van der Waals surface area contributed by atoms with Crippen molar-refractivity contribution < 1.29 is 9.53 Å². The van der Waals surface area contributed by atoms with E-state index >= 15 is 0 Å². The van der Waals surface area contributed by atoms with Crippen LogP contribution in [0.4, 0.5) is 5.82 Å². The number of aromatic amines is 1. The molecule has 2 N–H and O–H groups in total. The number of rotatable bonds is 6. The van der Waals surface area contributed by atoms with E-state index in [4.69, 9.17) is 4.74 Å². The van der Waals surface area contributed by atoms with Gasteiger partial charge in [0, 0.05) is 29.1 Å². The summed E-state index contributed by atoms with van der Waals surface area (Å²) >= 11 is 1.36. The van der Waals surface area contributed by atoms with Crippen LogP contribution in [0.2, 0.25) is 0 Å². The van der Waals surface area contributed by atoms with Gasteiger partial charge in [-0.2, -0.15) is 5.10 Å². The molecule has 1 amide bonds. The maximum atomic E-state index is 12.9. The summed E-state index contributed by atoms with van der Waals surface area (Å²) in [5, 5.41) is 11.0. The zero-order chi connectivity index (χ0) is 21.1. The molecule has 0 spiro atoms. The number of aryl methyl sites for hydroxylation is 1. The zero-order valence-corrected chi connectivity index (χ0v) is 17.7. The van der Waals surface area contributed by atoms with Crippen LogP contribution in [0, 0.1) is 13.8 Å². The Labute approximate surface area is 178 Å². The SMILES string of the molecule is CCOc1ccc(-c2nc(C)c(C(=O)Nc3n[nH]c(-c4ccncc4)c3C)s2)cc1. The monoisotopic (exact) mass is 419 g/mol. The zero-order valence-electron chi connectivity index (χ0n) is 16.9. The second-order valence-electron chi connectivity index (χ2n) is 6.65. The number of amides is 1. The highest BCUT2D eigenvalue weighted by atomic mass is 32.1. The molecule has 1 aromatic carbocycles. The summed E-state index contributed by atoms with van der Waals surface area (Å²) in [4.78, 5) is 22.1. The molecular formula is C22H21N5O2S. The first-order chi connectivity index (χ1) is 14.6. The van der Waals surface area contributed by atoms with Crippen molar-refractivity contribution in [3.8, 4) is 27.6 Å². The van der Waals surface area contributed by atoms with Gasteiger partial charge in [0.15, 0.2) is 5.82 Å². The number of thiazole rings is 1. The first-order valence-corrected chi connectivity index (χ1v) is 10.4. The summed E-state index contributed by atoms with van der Waals surface area (Å²) in [5.74, 6) is 1.09. The lowest BCUT2D eigenvalue weighted by molar-refractivity contribution is 0.102. The molecule has 30 heavy (non-hydrogen) atoms. The van der Waals surface area contributed by atoms with Crippen molar-refractivity contribution in [3.05, 3.63) is 64.9 Å². The third kappa shape index (κ3) is 3.95. The first-order valence-electron chi connectivity index (χ1n) is 9.54. The van der Waals surface area contributed by atoms with E-state index in [1.165, 1.54) is 11.3 Å². The fraction of sp³-hybridized carbons (Fsp3) is 0.182. The van der Waals surface area contributed by atoms with E-state index in [9.17, 15) is 4.79 Å². The van der Waals surface area contributed by atoms with Crippen LogP contribution in [-0.4, -0.2) is 32.7 Å². The molecule has 0 bridgehead atoms. The summed E-state index contributed by atoms with van der Waals surface area (Å²) in [5.41, 5.74) is 4.31. The van der Waals surface area contributed by atoms with Gasteiger partial charge in [-0.15, -0.1) is 11.3 Å². The predicted octanol–water partition coefficient (Wildman–Crippen LogP) is 4.86. The number of carbonyl (C=O) groups excluding carboxylic acids is 1. The van der Waals surface area contributed by atoms with Crippen molar-refractivity contribution in [2.75, 3.05) is 11.9 Å². The summed E-state index contributed by atoms with van der Waals surface area (Å²) in [6, 6.07) is 11.5. The highest BCUT2D eigenvalue weighted by Crippen LogP contribution is 2.31. The molecule has 7 nitrogen and oxygen atoms in total. The van der Waals surface area contributed by atoms with Gasteiger partial charge in [0.1, 0.15) is 15.6 Å². The Balaban J connectivity index is 1.54. The summed E-state index contributed by atoms with van der Waals surface area (Å²) in [6.45, 7) is 6.32. The van der Waals surface area contributed by atoms with Gasteiger partial charge in [-0.3, -0.25) is 14.9 Å². The van der Waals surface area contributed by atoms with Crippen LogP contribution in [0.3, 0.4) is 0 Å². The molecule has 0 aliphatic heterocycles. The minimum absolute atomic E-state index is 0.224. The Bertz CT molecular complexity index is 1170. The molecule has 0 saturated carbocycles. The minimum Gasteiger partial charge on any atom is -0.494 e. The molecule has 0 atom stereocenters. The lowest BCUT2D eigenvalue weighted by atomic mass is 10.1. The molecule has 152 valence electrons. The summed E-state index contributed by atoms with van der Waals surface area (Å²) in [7, 11) is 0. The molecular weight excluding hydrogens is 398 g/mol. The summed E-state index contributed by atoms with van der Waals surface area (Å²) in [6.07, 6.45) is 3.44. The van der Waals surface area contributed by atoms with Crippen molar-refractivity contribution in [1.29, 1.82) is 0 Å². The molecule has 0 aliphatic rings. The topological polar surface area (TPSA) is 92.8 Å². The predicted molar refractivity (Wildman–Crippen MR) is 118 cm³/mol. The van der Waals surface area contributed by atoms with Crippen LogP contribution in [0.25, 0.3) is 21.8 Å². The number of anilines is 1. The molecule has 4 aromatic rings. The molecule has 0 unspecified atom stereocenters. The molecule has 3 heterocycles. The van der Waals surface area contributed by atoms with Crippen LogP contribution in [-0.2, 0) is 0 Å². The molecule has 4 rings (SSSR count). The van der Waals surface area contributed by atoms with Gasteiger partial charge in [0.05, 0.1) is 18.0 Å². The Morgan fingerprint density at radius 3 is 2.53 bits per heavy atom.